The van der Waals surface area contributed by atoms with Crippen LogP contribution in [0.15, 0.2) is 0 Å². The van der Waals surface area contributed by atoms with Crippen molar-refractivity contribution < 1.29 is 9.90 Å². The highest BCUT2D eigenvalue weighted by atomic mass is 16.3. The van der Waals surface area contributed by atoms with E-state index in [9.17, 15) is 9.90 Å². The van der Waals surface area contributed by atoms with Crippen LogP contribution in [0, 0.1) is 23.7 Å². The molecule has 3 aliphatic carbocycles. The number of aliphatic hydroxyl groups is 1. The number of carbonyl (C=O) groups is 1. The van der Waals surface area contributed by atoms with Crippen LogP contribution in [0.2, 0.25) is 0 Å². The molecular formula is C14H23NO2. The number of hydrogen-bond acceptors (Lipinski definition) is 2. The quantitative estimate of drug-likeness (QED) is 0.785. The van der Waals surface area contributed by atoms with E-state index in [0.29, 0.717) is 23.7 Å². The smallest absolute Gasteiger partial charge is 0.223 e. The van der Waals surface area contributed by atoms with E-state index >= 15 is 0 Å². The average Bonchev–Trinajstić information content (AvgIpc) is 2.92. The van der Waals surface area contributed by atoms with Crippen molar-refractivity contribution in [1.29, 1.82) is 0 Å². The molecule has 0 aromatic heterocycles. The maximum absolute atomic E-state index is 12.2. The van der Waals surface area contributed by atoms with Crippen LogP contribution in [0.5, 0.6) is 0 Å². The molecule has 4 atom stereocenters. The molecule has 3 fully saturated rings. The van der Waals surface area contributed by atoms with Gasteiger partial charge in [-0.25, -0.2) is 0 Å². The topological polar surface area (TPSA) is 49.3 Å². The van der Waals surface area contributed by atoms with E-state index in [1.54, 1.807) is 0 Å². The van der Waals surface area contributed by atoms with E-state index < -0.39 is 0 Å². The Hall–Kier alpha value is -0.570. The van der Waals surface area contributed by atoms with Crippen molar-refractivity contribution in [3.63, 3.8) is 0 Å². The lowest BCUT2D eigenvalue weighted by Crippen LogP contribution is -2.39. The summed E-state index contributed by atoms with van der Waals surface area (Å²) in [5.74, 6) is 2.29. The van der Waals surface area contributed by atoms with E-state index in [1.807, 2.05) is 0 Å². The predicted molar refractivity (Wildman–Crippen MR) is 65.3 cm³/mol. The third-order valence-electron chi connectivity index (χ3n) is 5.18. The Bertz CT molecular complexity index is 293. The van der Waals surface area contributed by atoms with Crippen molar-refractivity contribution in [2.24, 2.45) is 23.7 Å². The zero-order valence-corrected chi connectivity index (χ0v) is 10.4. The van der Waals surface area contributed by atoms with E-state index in [1.165, 1.54) is 25.7 Å². The number of aliphatic hydroxyl groups excluding tert-OH is 1. The number of nitrogens with one attached hydrogen (secondary N) is 1. The largest absolute Gasteiger partial charge is 0.396 e. The van der Waals surface area contributed by atoms with Crippen molar-refractivity contribution >= 4 is 5.91 Å². The first-order valence-electron chi connectivity index (χ1n) is 7.22. The standard InChI is InChI=1S/C14H23NO2/c16-8-9-4-3-7-12(9)15-14(17)13-10-5-1-2-6-11(10)13/h9-13,16H,1-8H2,(H,15,17). The summed E-state index contributed by atoms with van der Waals surface area (Å²) in [6.45, 7) is 0.225. The summed E-state index contributed by atoms with van der Waals surface area (Å²) >= 11 is 0. The van der Waals surface area contributed by atoms with Gasteiger partial charge in [-0.3, -0.25) is 4.79 Å². The van der Waals surface area contributed by atoms with E-state index in [-0.39, 0.29) is 18.6 Å². The lowest BCUT2D eigenvalue weighted by Gasteiger charge is -2.19. The van der Waals surface area contributed by atoms with Crippen LogP contribution >= 0.6 is 0 Å². The van der Waals surface area contributed by atoms with E-state index in [4.69, 9.17) is 0 Å². The number of hydrogen-bond donors (Lipinski definition) is 2. The molecule has 1 amide bonds. The second kappa shape index (κ2) is 4.60. The molecule has 0 aromatic carbocycles. The number of rotatable bonds is 3. The molecule has 4 unspecified atom stereocenters. The van der Waals surface area contributed by atoms with Gasteiger partial charge in [0.25, 0.3) is 0 Å². The van der Waals surface area contributed by atoms with Gasteiger partial charge in [0.2, 0.25) is 5.91 Å². The molecule has 3 saturated carbocycles. The van der Waals surface area contributed by atoms with Gasteiger partial charge in [-0.2, -0.15) is 0 Å². The molecule has 2 N–H and O–H groups in total. The number of carbonyl (C=O) groups excluding carboxylic acids is 1. The van der Waals surface area contributed by atoms with Gasteiger partial charge in [-0.1, -0.05) is 19.3 Å². The molecule has 0 heterocycles. The molecule has 96 valence electrons. The normalized spacial score (nSPS) is 44.2. The molecule has 3 aliphatic rings. The summed E-state index contributed by atoms with van der Waals surface area (Å²) in [5, 5.41) is 12.5. The first-order valence-corrected chi connectivity index (χ1v) is 7.22. The fourth-order valence-corrected chi connectivity index (χ4v) is 4.11. The van der Waals surface area contributed by atoms with E-state index in [2.05, 4.69) is 5.32 Å². The van der Waals surface area contributed by atoms with Crippen LogP contribution < -0.4 is 5.32 Å². The van der Waals surface area contributed by atoms with Gasteiger partial charge in [0, 0.05) is 24.5 Å². The molecule has 0 aromatic rings. The van der Waals surface area contributed by atoms with Gasteiger partial charge < -0.3 is 10.4 Å². The average molecular weight is 237 g/mol. The molecule has 3 nitrogen and oxygen atoms in total. The zero-order valence-electron chi connectivity index (χ0n) is 10.4. The second-order valence-electron chi connectivity index (χ2n) is 6.13. The fraction of sp³-hybridized carbons (Fsp3) is 0.929. The lowest BCUT2D eigenvalue weighted by atomic mass is 10.0. The maximum atomic E-state index is 12.2. The summed E-state index contributed by atoms with van der Waals surface area (Å²) in [6, 6.07) is 0.246. The van der Waals surface area contributed by atoms with Gasteiger partial charge in [-0.15, -0.1) is 0 Å². The van der Waals surface area contributed by atoms with Gasteiger partial charge in [-0.05, 0) is 37.5 Å². The summed E-state index contributed by atoms with van der Waals surface area (Å²) in [6.07, 6.45) is 8.42. The highest BCUT2D eigenvalue weighted by Gasteiger charge is 2.55. The second-order valence-corrected chi connectivity index (χ2v) is 6.13. The molecule has 3 rings (SSSR count). The number of amides is 1. The molecule has 0 radical (unpaired) electrons. The van der Waals surface area contributed by atoms with Crippen LogP contribution in [-0.4, -0.2) is 23.7 Å². The Morgan fingerprint density at radius 1 is 1.06 bits per heavy atom. The van der Waals surface area contributed by atoms with Crippen LogP contribution in [0.25, 0.3) is 0 Å². The Balaban J connectivity index is 1.54. The van der Waals surface area contributed by atoms with Crippen LogP contribution in [0.4, 0.5) is 0 Å². The molecular weight excluding hydrogens is 214 g/mol. The molecule has 17 heavy (non-hydrogen) atoms. The molecule has 0 spiro atoms. The van der Waals surface area contributed by atoms with Gasteiger partial charge >= 0.3 is 0 Å². The summed E-state index contributed by atoms with van der Waals surface area (Å²) in [7, 11) is 0. The van der Waals surface area contributed by atoms with Crippen molar-refractivity contribution in [1.82, 2.24) is 5.32 Å². The first kappa shape index (κ1) is 11.5. The third kappa shape index (κ3) is 2.10. The minimum atomic E-state index is 0.225. The SMILES string of the molecule is O=C(NC1CCCC1CO)C1C2CCCCC21. The van der Waals surface area contributed by atoms with Crippen molar-refractivity contribution in [3.05, 3.63) is 0 Å². The van der Waals surface area contributed by atoms with Gasteiger partial charge in [0.1, 0.15) is 0 Å². The Morgan fingerprint density at radius 2 is 1.76 bits per heavy atom. The Labute approximate surface area is 103 Å². The molecule has 0 saturated heterocycles. The summed E-state index contributed by atoms with van der Waals surface area (Å²) < 4.78 is 0. The van der Waals surface area contributed by atoms with Crippen molar-refractivity contribution in [2.45, 2.75) is 51.0 Å². The molecule has 0 bridgehead atoms. The number of fused-ring (bicyclic) bond motifs is 1. The molecule has 3 heteroatoms. The summed E-state index contributed by atoms with van der Waals surface area (Å²) in [5.41, 5.74) is 0. The first-order chi connectivity index (χ1) is 8.31. The molecule has 0 aliphatic heterocycles. The zero-order chi connectivity index (χ0) is 11.8. The van der Waals surface area contributed by atoms with Crippen LogP contribution in [0.3, 0.4) is 0 Å². The minimum absolute atomic E-state index is 0.225. The maximum Gasteiger partial charge on any atom is 0.223 e. The van der Waals surface area contributed by atoms with Gasteiger partial charge in [0.15, 0.2) is 0 Å². The Kier molecular flexibility index (Phi) is 3.12. The lowest BCUT2D eigenvalue weighted by molar-refractivity contribution is -0.123. The van der Waals surface area contributed by atoms with Crippen molar-refractivity contribution in [2.75, 3.05) is 6.61 Å². The van der Waals surface area contributed by atoms with Crippen molar-refractivity contribution in [3.8, 4) is 0 Å². The minimum Gasteiger partial charge on any atom is -0.396 e. The predicted octanol–water partition coefficient (Wildman–Crippen LogP) is 1.70. The monoisotopic (exact) mass is 237 g/mol. The third-order valence-corrected chi connectivity index (χ3v) is 5.18. The fourth-order valence-electron chi connectivity index (χ4n) is 4.11. The highest BCUT2D eigenvalue weighted by molar-refractivity contribution is 5.82. The highest BCUT2D eigenvalue weighted by Crippen LogP contribution is 2.55. The van der Waals surface area contributed by atoms with Crippen LogP contribution in [-0.2, 0) is 4.79 Å². The van der Waals surface area contributed by atoms with Crippen LogP contribution in [0.1, 0.15) is 44.9 Å². The van der Waals surface area contributed by atoms with Gasteiger partial charge in [0.05, 0.1) is 0 Å². The Morgan fingerprint density at radius 3 is 2.41 bits per heavy atom. The summed E-state index contributed by atoms with van der Waals surface area (Å²) in [4.78, 5) is 12.2. The van der Waals surface area contributed by atoms with E-state index in [0.717, 1.165) is 19.3 Å².